The summed E-state index contributed by atoms with van der Waals surface area (Å²) in [5.74, 6) is 1.08. The van der Waals surface area contributed by atoms with Gasteiger partial charge in [-0.05, 0) is 56.4 Å². The Morgan fingerprint density at radius 1 is 1.27 bits per heavy atom. The summed E-state index contributed by atoms with van der Waals surface area (Å²) >= 11 is 1.55. The first-order chi connectivity index (χ1) is 14.6. The van der Waals surface area contributed by atoms with E-state index in [1.807, 2.05) is 31.0 Å². The molecule has 0 unspecified atom stereocenters. The third-order valence-electron chi connectivity index (χ3n) is 6.73. The molecule has 5 rings (SSSR count). The van der Waals surface area contributed by atoms with Crippen molar-refractivity contribution < 1.29 is 9.53 Å². The molecule has 3 aliphatic rings. The number of hydrogen-bond donors (Lipinski definition) is 0. The molecular weight excluding hydrogens is 398 g/mol. The van der Waals surface area contributed by atoms with E-state index < -0.39 is 0 Å². The average molecular weight is 428 g/mol. The number of hydrogen-bond acceptors (Lipinski definition) is 7. The topological polar surface area (TPSA) is 61.8 Å². The molecular formula is C22H29N5O2S. The van der Waals surface area contributed by atoms with Crippen molar-refractivity contribution in [2.24, 2.45) is 5.41 Å². The minimum Gasteiger partial charge on any atom is -0.450 e. The van der Waals surface area contributed by atoms with Crippen molar-refractivity contribution in [1.29, 1.82) is 0 Å². The monoisotopic (exact) mass is 427 g/mol. The van der Waals surface area contributed by atoms with Crippen molar-refractivity contribution >= 4 is 23.4 Å². The molecule has 1 spiro atoms. The molecule has 1 aliphatic carbocycles. The van der Waals surface area contributed by atoms with Gasteiger partial charge in [0.1, 0.15) is 5.82 Å². The van der Waals surface area contributed by atoms with Gasteiger partial charge >= 0.3 is 6.09 Å². The number of anilines is 1. The van der Waals surface area contributed by atoms with Gasteiger partial charge in [-0.25, -0.2) is 9.78 Å². The van der Waals surface area contributed by atoms with E-state index in [1.54, 1.807) is 11.5 Å². The zero-order valence-electron chi connectivity index (χ0n) is 17.7. The zero-order valence-corrected chi connectivity index (χ0v) is 18.5. The second-order valence-corrected chi connectivity index (χ2v) is 9.65. The van der Waals surface area contributed by atoms with Gasteiger partial charge in [0.05, 0.1) is 17.2 Å². The number of aryl methyl sites for hydroxylation is 1. The van der Waals surface area contributed by atoms with Crippen LogP contribution in [0.3, 0.4) is 0 Å². The summed E-state index contributed by atoms with van der Waals surface area (Å²) in [6.07, 6.45) is 4.15. The van der Waals surface area contributed by atoms with Crippen LogP contribution in [0.15, 0.2) is 24.4 Å². The lowest BCUT2D eigenvalue weighted by Crippen LogP contribution is -2.68. The van der Waals surface area contributed by atoms with E-state index in [0.717, 1.165) is 50.8 Å². The number of likely N-dealkylation sites (tertiary alicyclic amines) is 1. The Kier molecular flexibility index (Phi) is 5.14. The maximum absolute atomic E-state index is 11.8. The fourth-order valence-electron chi connectivity index (χ4n) is 5.19. The molecule has 8 heteroatoms. The predicted molar refractivity (Wildman–Crippen MR) is 118 cm³/mol. The standard InChI is InChI=1S/C22H29N5O2S/c1-3-29-21(28)27-14-22(15-27)12-17(13-22)25-7-9-26(10-8-25)20-18(5-4-6-23-20)19-11-16(2)24-30-19/h4-6,11,17H,3,7-10,12-15H2,1-2H3. The molecule has 1 saturated carbocycles. The van der Waals surface area contributed by atoms with E-state index in [9.17, 15) is 4.79 Å². The molecule has 2 aromatic heterocycles. The summed E-state index contributed by atoms with van der Waals surface area (Å²) < 4.78 is 9.55. The molecule has 2 saturated heterocycles. The highest BCUT2D eigenvalue weighted by Gasteiger charge is 2.55. The second-order valence-electron chi connectivity index (χ2n) is 8.85. The van der Waals surface area contributed by atoms with E-state index in [1.165, 1.54) is 23.3 Å². The first kappa shape index (κ1) is 19.8. The highest BCUT2D eigenvalue weighted by atomic mass is 32.1. The summed E-state index contributed by atoms with van der Waals surface area (Å²) in [5.41, 5.74) is 2.60. The summed E-state index contributed by atoms with van der Waals surface area (Å²) in [5, 5.41) is 0. The third kappa shape index (κ3) is 3.56. The molecule has 160 valence electrons. The summed E-state index contributed by atoms with van der Waals surface area (Å²) in [6, 6.07) is 6.97. The number of pyridine rings is 1. The van der Waals surface area contributed by atoms with Gasteiger partial charge in [0.25, 0.3) is 0 Å². The molecule has 0 radical (unpaired) electrons. The zero-order chi connectivity index (χ0) is 20.7. The van der Waals surface area contributed by atoms with E-state index >= 15 is 0 Å². The minimum atomic E-state index is -0.150. The molecule has 0 N–H and O–H groups in total. The Morgan fingerprint density at radius 2 is 2.03 bits per heavy atom. The van der Waals surface area contributed by atoms with E-state index in [4.69, 9.17) is 9.72 Å². The molecule has 7 nitrogen and oxygen atoms in total. The second kappa shape index (κ2) is 7.81. The molecule has 0 bridgehead atoms. The number of nitrogens with zero attached hydrogens (tertiary/aromatic N) is 5. The van der Waals surface area contributed by atoms with Crippen LogP contribution in [0, 0.1) is 12.3 Å². The molecule has 4 heterocycles. The van der Waals surface area contributed by atoms with Crippen LogP contribution in [0.2, 0.25) is 0 Å². The number of rotatable bonds is 4. The number of carbonyl (C=O) groups excluding carboxylic acids is 1. The van der Waals surface area contributed by atoms with E-state index in [2.05, 4.69) is 26.3 Å². The molecule has 1 amide bonds. The quantitative estimate of drug-likeness (QED) is 0.746. The maximum Gasteiger partial charge on any atom is 0.409 e. The van der Waals surface area contributed by atoms with E-state index in [0.29, 0.717) is 18.1 Å². The minimum absolute atomic E-state index is 0.150. The first-order valence-corrected chi connectivity index (χ1v) is 11.6. The van der Waals surface area contributed by atoms with Gasteiger partial charge < -0.3 is 14.5 Å². The Bertz CT molecular complexity index is 910. The van der Waals surface area contributed by atoms with Crippen LogP contribution in [0.4, 0.5) is 10.6 Å². The number of carbonyl (C=O) groups is 1. The van der Waals surface area contributed by atoms with Crippen LogP contribution in [0.5, 0.6) is 0 Å². The largest absolute Gasteiger partial charge is 0.450 e. The lowest BCUT2D eigenvalue weighted by Gasteiger charge is -2.61. The normalized spacial score (nSPS) is 21.4. The Labute approximate surface area is 181 Å². The van der Waals surface area contributed by atoms with Crippen LogP contribution < -0.4 is 4.90 Å². The smallest absolute Gasteiger partial charge is 0.409 e. The summed E-state index contributed by atoms with van der Waals surface area (Å²) in [4.78, 5) is 24.6. The number of piperazine rings is 1. The van der Waals surface area contributed by atoms with Crippen molar-refractivity contribution in [2.45, 2.75) is 32.7 Å². The molecule has 30 heavy (non-hydrogen) atoms. The Balaban J connectivity index is 1.15. The number of ether oxygens (including phenoxy) is 1. The predicted octanol–water partition coefficient (Wildman–Crippen LogP) is 3.26. The van der Waals surface area contributed by atoms with Gasteiger partial charge in [-0.2, -0.15) is 4.37 Å². The first-order valence-electron chi connectivity index (χ1n) is 10.9. The van der Waals surface area contributed by atoms with Gasteiger partial charge in [-0.3, -0.25) is 4.90 Å². The maximum atomic E-state index is 11.8. The number of aromatic nitrogens is 2. The molecule has 3 fully saturated rings. The van der Waals surface area contributed by atoms with Crippen molar-refractivity contribution in [2.75, 3.05) is 50.8 Å². The van der Waals surface area contributed by atoms with Crippen molar-refractivity contribution in [3.63, 3.8) is 0 Å². The molecule has 2 aliphatic heterocycles. The number of amides is 1. The van der Waals surface area contributed by atoms with Crippen molar-refractivity contribution in [3.8, 4) is 10.4 Å². The fraction of sp³-hybridized carbons (Fsp3) is 0.591. The fourth-order valence-corrected chi connectivity index (χ4v) is 5.97. The van der Waals surface area contributed by atoms with Crippen molar-refractivity contribution in [3.05, 3.63) is 30.1 Å². The van der Waals surface area contributed by atoms with Gasteiger partial charge in [-0.15, -0.1) is 0 Å². The summed E-state index contributed by atoms with van der Waals surface area (Å²) in [7, 11) is 0. The van der Waals surface area contributed by atoms with Crippen molar-refractivity contribution in [1.82, 2.24) is 19.2 Å². The SMILES string of the molecule is CCOC(=O)N1CC2(CC(N3CCN(c4ncccc4-c4cc(C)ns4)CC3)C2)C1. The summed E-state index contributed by atoms with van der Waals surface area (Å²) in [6.45, 7) is 10.2. The van der Waals surface area contributed by atoms with Gasteiger partial charge in [0, 0.05) is 62.5 Å². The lowest BCUT2D eigenvalue weighted by molar-refractivity contribution is -0.100. The van der Waals surface area contributed by atoms with Crippen LogP contribution >= 0.6 is 11.5 Å². The van der Waals surface area contributed by atoms with Crippen LogP contribution in [0.25, 0.3) is 10.4 Å². The van der Waals surface area contributed by atoms with Crippen LogP contribution in [-0.2, 0) is 4.74 Å². The van der Waals surface area contributed by atoms with Gasteiger partial charge in [0.2, 0.25) is 0 Å². The van der Waals surface area contributed by atoms with E-state index in [-0.39, 0.29) is 6.09 Å². The van der Waals surface area contributed by atoms with Crippen LogP contribution in [0.1, 0.15) is 25.5 Å². The molecule has 0 aromatic carbocycles. The Morgan fingerprint density at radius 3 is 2.70 bits per heavy atom. The Hall–Kier alpha value is -2.19. The highest BCUT2D eigenvalue weighted by molar-refractivity contribution is 7.09. The third-order valence-corrected chi connectivity index (χ3v) is 7.64. The van der Waals surface area contributed by atoms with Crippen LogP contribution in [-0.4, -0.2) is 77.2 Å². The average Bonchev–Trinajstić information content (AvgIpc) is 3.13. The highest BCUT2D eigenvalue weighted by Crippen LogP contribution is 2.50. The lowest BCUT2D eigenvalue weighted by atomic mass is 9.60. The molecule has 2 aromatic rings. The van der Waals surface area contributed by atoms with Gasteiger partial charge in [0.15, 0.2) is 0 Å². The van der Waals surface area contributed by atoms with Gasteiger partial charge in [-0.1, -0.05) is 0 Å². The molecule has 0 atom stereocenters.